The number of pyridine rings is 1. The summed E-state index contributed by atoms with van der Waals surface area (Å²) in [6.07, 6.45) is 3.66. The lowest BCUT2D eigenvalue weighted by Gasteiger charge is -2.16. The molecule has 1 atom stereocenters. The summed E-state index contributed by atoms with van der Waals surface area (Å²) < 4.78 is 2.11. The first-order valence-electron chi connectivity index (χ1n) is 5.28. The molecule has 1 aromatic heterocycles. The van der Waals surface area contributed by atoms with E-state index in [-0.39, 0.29) is 6.04 Å². The third kappa shape index (κ3) is 3.30. The van der Waals surface area contributed by atoms with Crippen molar-refractivity contribution in [2.75, 3.05) is 5.32 Å². The first kappa shape index (κ1) is 12.6. The van der Waals surface area contributed by atoms with Crippen molar-refractivity contribution in [3.63, 3.8) is 0 Å². The molecule has 2 rings (SSSR count). The molecule has 1 N–H and O–H groups in total. The fourth-order valence-corrected chi connectivity index (χ4v) is 2.28. The molecular weight excluding hydrogens is 344 g/mol. The van der Waals surface area contributed by atoms with Crippen molar-refractivity contribution in [1.82, 2.24) is 4.98 Å². The highest BCUT2D eigenvalue weighted by atomic mass is 79.9. The van der Waals surface area contributed by atoms with E-state index in [1.54, 1.807) is 6.20 Å². The number of nitrogens with zero attached hydrogens (tertiary/aromatic N) is 1. The molecule has 0 amide bonds. The third-order valence-electron chi connectivity index (χ3n) is 2.48. The quantitative estimate of drug-likeness (QED) is 0.856. The van der Waals surface area contributed by atoms with Gasteiger partial charge in [0.2, 0.25) is 0 Å². The lowest BCUT2D eigenvalue weighted by molar-refractivity contribution is 0.874. The Morgan fingerprint density at radius 3 is 2.76 bits per heavy atom. The third-order valence-corrected chi connectivity index (χ3v) is 3.67. The van der Waals surface area contributed by atoms with Crippen LogP contribution < -0.4 is 5.32 Å². The van der Waals surface area contributed by atoms with E-state index in [9.17, 15) is 0 Å². The predicted molar refractivity (Wildman–Crippen MR) is 78.1 cm³/mol. The maximum atomic E-state index is 4.13. The van der Waals surface area contributed by atoms with Gasteiger partial charge in [-0.3, -0.25) is 4.98 Å². The van der Waals surface area contributed by atoms with Gasteiger partial charge in [-0.15, -0.1) is 0 Å². The molecule has 0 bridgehead atoms. The second-order valence-electron chi connectivity index (χ2n) is 3.78. The number of nitrogens with one attached hydrogen (secondary N) is 1. The van der Waals surface area contributed by atoms with Crippen LogP contribution >= 0.6 is 31.9 Å². The smallest absolute Gasteiger partial charge is 0.0501 e. The summed E-state index contributed by atoms with van der Waals surface area (Å²) in [4.78, 5) is 4.13. The number of benzene rings is 1. The zero-order valence-corrected chi connectivity index (χ0v) is 12.5. The average molecular weight is 356 g/mol. The monoisotopic (exact) mass is 354 g/mol. The molecular formula is C13H12Br2N2. The van der Waals surface area contributed by atoms with E-state index in [4.69, 9.17) is 0 Å². The number of aromatic nitrogens is 1. The Labute approximate surface area is 118 Å². The minimum absolute atomic E-state index is 0.217. The summed E-state index contributed by atoms with van der Waals surface area (Å²) in [6, 6.07) is 10.3. The Hall–Kier alpha value is -0.870. The van der Waals surface area contributed by atoms with Crippen LogP contribution in [-0.2, 0) is 0 Å². The summed E-state index contributed by atoms with van der Waals surface area (Å²) >= 11 is 7.00. The highest BCUT2D eigenvalue weighted by molar-refractivity contribution is 9.11. The molecule has 0 radical (unpaired) electrons. The van der Waals surface area contributed by atoms with Gasteiger partial charge in [0.05, 0.1) is 11.7 Å². The normalized spacial score (nSPS) is 12.2. The Morgan fingerprint density at radius 2 is 2.06 bits per heavy atom. The van der Waals surface area contributed by atoms with E-state index in [2.05, 4.69) is 61.2 Å². The molecule has 0 saturated carbocycles. The lowest BCUT2D eigenvalue weighted by atomic mass is 10.1. The van der Waals surface area contributed by atoms with Crippen molar-refractivity contribution in [3.8, 4) is 0 Å². The first-order valence-corrected chi connectivity index (χ1v) is 6.87. The molecule has 0 spiro atoms. The molecule has 1 aromatic carbocycles. The fourth-order valence-electron chi connectivity index (χ4n) is 1.56. The molecule has 1 unspecified atom stereocenters. The summed E-state index contributed by atoms with van der Waals surface area (Å²) in [5, 5.41) is 3.45. The van der Waals surface area contributed by atoms with Crippen molar-refractivity contribution in [2.45, 2.75) is 13.0 Å². The van der Waals surface area contributed by atoms with E-state index in [0.29, 0.717) is 0 Å². The number of hydrogen-bond acceptors (Lipinski definition) is 2. The molecule has 2 nitrogen and oxygen atoms in total. The van der Waals surface area contributed by atoms with E-state index in [1.807, 2.05) is 24.4 Å². The van der Waals surface area contributed by atoms with Crippen LogP contribution in [0.3, 0.4) is 0 Å². The van der Waals surface area contributed by atoms with Crippen LogP contribution in [0.2, 0.25) is 0 Å². The van der Waals surface area contributed by atoms with E-state index in [0.717, 1.165) is 14.6 Å². The van der Waals surface area contributed by atoms with Crippen molar-refractivity contribution >= 4 is 37.5 Å². The van der Waals surface area contributed by atoms with E-state index in [1.165, 1.54) is 5.56 Å². The van der Waals surface area contributed by atoms with Gasteiger partial charge in [-0.25, -0.2) is 0 Å². The molecule has 0 fully saturated rings. The van der Waals surface area contributed by atoms with Gasteiger partial charge in [-0.1, -0.05) is 22.0 Å². The van der Waals surface area contributed by atoms with Gasteiger partial charge >= 0.3 is 0 Å². The molecule has 1 heterocycles. The highest BCUT2D eigenvalue weighted by Gasteiger charge is 2.07. The van der Waals surface area contributed by atoms with Crippen LogP contribution in [0.5, 0.6) is 0 Å². The molecule has 0 saturated heterocycles. The second kappa shape index (κ2) is 5.65. The number of hydrogen-bond donors (Lipinski definition) is 1. The zero-order valence-electron chi connectivity index (χ0n) is 9.32. The van der Waals surface area contributed by atoms with Gasteiger partial charge in [-0.2, -0.15) is 0 Å². The molecule has 88 valence electrons. The van der Waals surface area contributed by atoms with Gasteiger partial charge in [0.25, 0.3) is 0 Å². The van der Waals surface area contributed by atoms with Gasteiger partial charge in [-0.05, 0) is 52.7 Å². The molecule has 0 aliphatic rings. The maximum Gasteiger partial charge on any atom is 0.0501 e. The minimum Gasteiger partial charge on any atom is -0.378 e. The summed E-state index contributed by atoms with van der Waals surface area (Å²) in [6.45, 7) is 2.12. The van der Waals surface area contributed by atoms with Gasteiger partial charge < -0.3 is 5.32 Å². The molecule has 2 aromatic rings. The van der Waals surface area contributed by atoms with Crippen LogP contribution in [0, 0.1) is 0 Å². The van der Waals surface area contributed by atoms with Gasteiger partial charge in [0, 0.05) is 21.3 Å². The zero-order chi connectivity index (χ0) is 12.3. The fraction of sp³-hybridized carbons (Fsp3) is 0.154. The Kier molecular flexibility index (Phi) is 4.18. The maximum absolute atomic E-state index is 4.13. The number of anilines is 1. The van der Waals surface area contributed by atoms with Crippen LogP contribution in [0.15, 0.2) is 51.7 Å². The van der Waals surface area contributed by atoms with Crippen molar-refractivity contribution in [3.05, 3.63) is 57.2 Å². The molecule has 0 aliphatic carbocycles. The topological polar surface area (TPSA) is 24.9 Å². The second-order valence-corrected chi connectivity index (χ2v) is 5.55. The molecule has 0 aliphatic heterocycles. The number of halogens is 2. The number of rotatable bonds is 3. The summed E-state index contributed by atoms with van der Waals surface area (Å²) in [5.74, 6) is 0. The lowest BCUT2D eigenvalue weighted by Crippen LogP contribution is -2.07. The minimum atomic E-state index is 0.217. The van der Waals surface area contributed by atoms with Crippen molar-refractivity contribution < 1.29 is 0 Å². The van der Waals surface area contributed by atoms with Crippen molar-refractivity contribution in [2.24, 2.45) is 0 Å². The Bertz CT molecular complexity index is 500. The van der Waals surface area contributed by atoms with Crippen LogP contribution in [0.1, 0.15) is 18.5 Å². The highest BCUT2D eigenvalue weighted by Crippen LogP contribution is 2.29. The SMILES string of the molecule is CC(Nc1cc(Br)ccc1Br)c1cccnc1. The molecule has 17 heavy (non-hydrogen) atoms. The van der Waals surface area contributed by atoms with Crippen LogP contribution in [-0.4, -0.2) is 4.98 Å². The molecule has 4 heteroatoms. The Morgan fingerprint density at radius 1 is 1.24 bits per heavy atom. The summed E-state index contributed by atoms with van der Waals surface area (Å²) in [5.41, 5.74) is 2.23. The van der Waals surface area contributed by atoms with E-state index >= 15 is 0 Å². The van der Waals surface area contributed by atoms with Gasteiger partial charge in [0.1, 0.15) is 0 Å². The Balaban J connectivity index is 2.18. The standard InChI is InChI=1S/C13H12Br2N2/c1-9(10-3-2-6-16-8-10)17-13-7-11(14)4-5-12(13)15/h2-9,17H,1H3. The van der Waals surface area contributed by atoms with Crippen LogP contribution in [0.25, 0.3) is 0 Å². The first-order chi connectivity index (χ1) is 8.16. The van der Waals surface area contributed by atoms with Gasteiger partial charge in [0.15, 0.2) is 0 Å². The average Bonchev–Trinajstić information content (AvgIpc) is 2.35. The van der Waals surface area contributed by atoms with Crippen molar-refractivity contribution in [1.29, 1.82) is 0 Å². The summed E-state index contributed by atoms with van der Waals surface area (Å²) in [7, 11) is 0. The van der Waals surface area contributed by atoms with Crippen LogP contribution in [0.4, 0.5) is 5.69 Å². The largest absolute Gasteiger partial charge is 0.378 e. The predicted octanol–water partition coefficient (Wildman–Crippen LogP) is 4.78. The van der Waals surface area contributed by atoms with E-state index < -0.39 is 0 Å².